The summed E-state index contributed by atoms with van der Waals surface area (Å²) in [6.45, 7) is 5.51. The van der Waals surface area contributed by atoms with Gasteiger partial charge in [-0.15, -0.1) is 0 Å². The van der Waals surface area contributed by atoms with Crippen molar-refractivity contribution >= 4 is 23.4 Å². The molecule has 0 radical (unpaired) electrons. The van der Waals surface area contributed by atoms with Crippen molar-refractivity contribution in [3.05, 3.63) is 48.0 Å². The van der Waals surface area contributed by atoms with E-state index in [0.29, 0.717) is 28.4 Å². The van der Waals surface area contributed by atoms with Gasteiger partial charge in [-0.3, -0.25) is 10.1 Å². The highest BCUT2D eigenvalue weighted by molar-refractivity contribution is 6.05. The van der Waals surface area contributed by atoms with Crippen LogP contribution in [0.3, 0.4) is 0 Å². The van der Waals surface area contributed by atoms with E-state index in [1.54, 1.807) is 63.2 Å². The summed E-state index contributed by atoms with van der Waals surface area (Å²) >= 11 is 0. The minimum atomic E-state index is -0.599. The fourth-order valence-electron chi connectivity index (χ4n) is 2.34. The van der Waals surface area contributed by atoms with Crippen molar-refractivity contribution in [2.24, 2.45) is 0 Å². The molecule has 1 aliphatic rings. The maximum atomic E-state index is 12.5. The van der Waals surface area contributed by atoms with Crippen LogP contribution in [0.15, 0.2) is 42.5 Å². The zero-order valence-corrected chi connectivity index (χ0v) is 14.8. The van der Waals surface area contributed by atoms with Crippen LogP contribution in [0.4, 0.5) is 16.2 Å². The molecule has 0 atom stereocenters. The lowest BCUT2D eigenvalue weighted by atomic mass is 10.1. The smallest absolute Gasteiger partial charge is 0.412 e. The van der Waals surface area contributed by atoms with Crippen molar-refractivity contribution in [3.8, 4) is 11.5 Å². The molecule has 136 valence electrons. The monoisotopic (exact) mass is 356 g/mol. The third-order valence-corrected chi connectivity index (χ3v) is 3.40. The zero-order chi connectivity index (χ0) is 18.7. The van der Waals surface area contributed by atoms with Crippen molar-refractivity contribution in [3.63, 3.8) is 0 Å². The van der Waals surface area contributed by atoms with E-state index in [1.165, 1.54) is 0 Å². The third kappa shape index (κ3) is 4.44. The zero-order valence-electron chi connectivity index (χ0n) is 14.8. The van der Waals surface area contributed by atoms with Gasteiger partial charge in [-0.25, -0.2) is 4.79 Å². The van der Waals surface area contributed by atoms with Crippen LogP contribution in [-0.2, 0) is 4.74 Å². The lowest BCUT2D eigenvalue weighted by Crippen LogP contribution is -2.27. The van der Waals surface area contributed by atoms with E-state index < -0.39 is 11.7 Å². The van der Waals surface area contributed by atoms with Gasteiger partial charge in [-0.2, -0.15) is 0 Å². The molecule has 0 aliphatic carbocycles. The topological polar surface area (TPSA) is 85.9 Å². The Morgan fingerprint density at radius 2 is 1.69 bits per heavy atom. The highest BCUT2D eigenvalue weighted by Gasteiger charge is 2.17. The standard InChI is InChI=1S/C19H20N2O5/c1-19(2,3)26-18(23)21-13-6-4-5-12(9-13)17(22)20-14-7-8-15-16(10-14)25-11-24-15/h4-10H,11H2,1-3H3,(H,20,22)(H,21,23). The van der Waals surface area contributed by atoms with E-state index in [4.69, 9.17) is 14.2 Å². The first-order valence-electron chi connectivity index (χ1n) is 8.11. The number of hydrogen-bond donors (Lipinski definition) is 2. The van der Waals surface area contributed by atoms with Gasteiger partial charge < -0.3 is 19.5 Å². The van der Waals surface area contributed by atoms with Crippen molar-refractivity contribution in [1.82, 2.24) is 0 Å². The van der Waals surface area contributed by atoms with Gasteiger partial charge in [0.05, 0.1) is 0 Å². The van der Waals surface area contributed by atoms with Crippen molar-refractivity contribution < 1.29 is 23.8 Å². The van der Waals surface area contributed by atoms with Crippen LogP contribution in [0.25, 0.3) is 0 Å². The molecule has 0 saturated carbocycles. The molecule has 0 saturated heterocycles. The number of hydrogen-bond acceptors (Lipinski definition) is 5. The van der Waals surface area contributed by atoms with Gasteiger partial charge in [0.15, 0.2) is 11.5 Å². The fourth-order valence-corrected chi connectivity index (χ4v) is 2.34. The van der Waals surface area contributed by atoms with Gasteiger partial charge in [-0.1, -0.05) is 6.07 Å². The average Bonchev–Trinajstić information content (AvgIpc) is 3.01. The van der Waals surface area contributed by atoms with Crippen LogP contribution >= 0.6 is 0 Å². The molecule has 0 bridgehead atoms. The number of nitrogens with one attached hydrogen (secondary N) is 2. The molecular weight excluding hydrogens is 336 g/mol. The van der Waals surface area contributed by atoms with Gasteiger partial charge in [-0.05, 0) is 51.1 Å². The molecule has 2 aromatic carbocycles. The number of benzene rings is 2. The van der Waals surface area contributed by atoms with Crippen LogP contribution in [0.1, 0.15) is 31.1 Å². The normalized spacial score (nSPS) is 12.4. The Bertz CT molecular complexity index is 842. The maximum Gasteiger partial charge on any atom is 0.412 e. The minimum Gasteiger partial charge on any atom is -0.454 e. The maximum absolute atomic E-state index is 12.5. The molecule has 0 fully saturated rings. The molecule has 2 amide bonds. The lowest BCUT2D eigenvalue weighted by molar-refractivity contribution is 0.0635. The van der Waals surface area contributed by atoms with E-state index in [2.05, 4.69) is 10.6 Å². The summed E-state index contributed by atoms with van der Waals surface area (Å²) in [6.07, 6.45) is -0.578. The van der Waals surface area contributed by atoms with Crippen LogP contribution in [-0.4, -0.2) is 24.4 Å². The molecule has 7 heteroatoms. The van der Waals surface area contributed by atoms with Crippen molar-refractivity contribution in [2.75, 3.05) is 17.4 Å². The van der Waals surface area contributed by atoms with Gasteiger partial charge >= 0.3 is 6.09 Å². The molecular formula is C19H20N2O5. The van der Waals surface area contributed by atoms with Gasteiger partial charge in [0.25, 0.3) is 5.91 Å². The number of carbonyl (C=O) groups excluding carboxylic acids is 2. The summed E-state index contributed by atoms with van der Waals surface area (Å²) < 4.78 is 15.7. The summed E-state index contributed by atoms with van der Waals surface area (Å²) in [5, 5.41) is 5.40. The molecule has 26 heavy (non-hydrogen) atoms. The van der Waals surface area contributed by atoms with Crippen LogP contribution in [0.2, 0.25) is 0 Å². The van der Waals surface area contributed by atoms with Crippen LogP contribution in [0.5, 0.6) is 11.5 Å². The van der Waals surface area contributed by atoms with E-state index in [0.717, 1.165) is 0 Å². The number of amides is 2. The molecule has 0 unspecified atom stereocenters. The lowest BCUT2D eigenvalue weighted by Gasteiger charge is -2.19. The van der Waals surface area contributed by atoms with Gasteiger partial charge in [0.1, 0.15) is 5.60 Å². The second-order valence-corrected chi connectivity index (χ2v) is 6.73. The molecule has 3 rings (SSSR count). The molecule has 0 aromatic heterocycles. The van der Waals surface area contributed by atoms with E-state index >= 15 is 0 Å². The summed E-state index contributed by atoms with van der Waals surface area (Å²) in [5.74, 6) is 0.923. The second kappa shape index (κ2) is 6.95. The second-order valence-electron chi connectivity index (χ2n) is 6.73. The molecule has 1 aliphatic heterocycles. The molecule has 0 spiro atoms. The third-order valence-electron chi connectivity index (χ3n) is 3.40. The average molecular weight is 356 g/mol. The van der Waals surface area contributed by atoms with Gasteiger partial charge in [0, 0.05) is 23.0 Å². The first-order chi connectivity index (χ1) is 12.3. The van der Waals surface area contributed by atoms with E-state index in [-0.39, 0.29) is 12.7 Å². The highest BCUT2D eigenvalue weighted by atomic mass is 16.7. The van der Waals surface area contributed by atoms with Crippen molar-refractivity contribution in [2.45, 2.75) is 26.4 Å². The molecule has 2 N–H and O–H groups in total. The number of fused-ring (bicyclic) bond motifs is 1. The van der Waals surface area contributed by atoms with Crippen molar-refractivity contribution in [1.29, 1.82) is 0 Å². The summed E-state index contributed by atoms with van der Waals surface area (Å²) in [5.41, 5.74) is 0.858. The Labute approximate surface area is 151 Å². The Hall–Kier alpha value is -3.22. The van der Waals surface area contributed by atoms with Crippen LogP contribution < -0.4 is 20.1 Å². The Morgan fingerprint density at radius 1 is 0.962 bits per heavy atom. The first-order valence-corrected chi connectivity index (χ1v) is 8.11. The Kier molecular flexibility index (Phi) is 4.71. The summed E-state index contributed by atoms with van der Waals surface area (Å²) in [4.78, 5) is 24.3. The number of carbonyl (C=O) groups is 2. The Balaban J connectivity index is 1.67. The predicted molar refractivity (Wildman–Crippen MR) is 96.8 cm³/mol. The number of ether oxygens (including phenoxy) is 3. The summed E-state index contributed by atoms with van der Waals surface area (Å²) in [7, 11) is 0. The number of anilines is 2. The quantitative estimate of drug-likeness (QED) is 0.868. The fraction of sp³-hybridized carbons (Fsp3) is 0.263. The SMILES string of the molecule is CC(C)(C)OC(=O)Nc1cccc(C(=O)Nc2ccc3c(c2)OCO3)c1. The van der Waals surface area contributed by atoms with Gasteiger partial charge in [0.2, 0.25) is 6.79 Å². The molecule has 2 aromatic rings. The Morgan fingerprint density at radius 3 is 2.46 bits per heavy atom. The molecule has 7 nitrogen and oxygen atoms in total. The van der Waals surface area contributed by atoms with E-state index in [1.807, 2.05) is 0 Å². The number of rotatable bonds is 3. The van der Waals surface area contributed by atoms with E-state index in [9.17, 15) is 9.59 Å². The first kappa shape index (κ1) is 17.6. The highest BCUT2D eigenvalue weighted by Crippen LogP contribution is 2.34. The largest absolute Gasteiger partial charge is 0.454 e. The summed E-state index contributed by atoms with van der Waals surface area (Å²) in [6, 6.07) is 11.8. The minimum absolute atomic E-state index is 0.172. The predicted octanol–water partition coefficient (Wildman–Crippen LogP) is 4.01. The molecule has 1 heterocycles. The van der Waals surface area contributed by atoms with Crippen LogP contribution in [0, 0.1) is 0 Å².